The first-order valence-electron chi connectivity index (χ1n) is 14.5. The van der Waals surface area contributed by atoms with E-state index in [0.717, 1.165) is 19.3 Å². The van der Waals surface area contributed by atoms with Crippen molar-refractivity contribution in [2.24, 2.45) is 22.2 Å². The molecule has 0 saturated heterocycles. The quantitative estimate of drug-likeness (QED) is 0.296. The lowest BCUT2D eigenvalue weighted by molar-refractivity contribution is -0.451. The second kappa shape index (κ2) is 11.4. The van der Waals surface area contributed by atoms with Crippen molar-refractivity contribution >= 4 is 23.0 Å². The number of carbonyl (C=O) groups is 1. The Labute approximate surface area is 228 Å². The molecule has 4 nitrogen and oxygen atoms in total. The first-order valence-corrected chi connectivity index (χ1v) is 14.5. The normalized spacial score (nSPS) is 25.2. The highest BCUT2D eigenvalue weighted by Gasteiger charge is 2.43. The molecule has 0 N–H and O–H groups in total. The molecule has 0 amide bonds. The summed E-state index contributed by atoms with van der Waals surface area (Å²) in [5, 5.41) is 0. The van der Waals surface area contributed by atoms with Crippen molar-refractivity contribution in [3.05, 3.63) is 77.0 Å². The van der Waals surface area contributed by atoms with Crippen LogP contribution in [0, 0.1) is 17.3 Å². The Balaban J connectivity index is 1.56. The van der Waals surface area contributed by atoms with Gasteiger partial charge in [0.15, 0.2) is 5.70 Å². The van der Waals surface area contributed by atoms with Gasteiger partial charge in [0.25, 0.3) is 0 Å². The molecule has 5 rings (SSSR count). The zero-order valence-electron chi connectivity index (χ0n) is 23.6. The van der Waals surface area contributed by atoms with E-state index in [1.165, 1.54) is 72.9 Å². The number of benzene rings is 1. The summed E-state index contributed by atoms with van der Waals surface area (Å²) in [5.41, 5.74) is 8.93. The van der Waals surface area contributed by atoms with Gasteiger partial charge in [0, 0.05) is 12.0 Å². The average molecular weight is 512 g/mol. The SMILES string of the molecule is CCCC1(C2C=CC(C3=[N+](C)C4=C(C)CCC(C(=O)OC)=NCC4CC=C3c3ccccc3)=CC2)CCC1. The number of esters is 1. The minimum absolute atomic E-state index is 0.222. The summed E-state index contributed by atoms with van der Waals surface area (Å²) in [6, 6.07) is 10.8. The highest BCUT2D eigenvalue weighted by atomic mass is 16.5. The summed E-state index contributed by atoms with van der Waals surface area (Å²) < 4.78 is 7.46. The number of rotatable bonds is 6. The maximum absolute atomic E-state index is 12.3. The van der Waals surface area contributed by atoms with Gasteiger partial charge in [-0.2, -0.15) is 4.58 Å². The van der Waals surface area contributed by atoms with Crippen molar-refractivity contribution < 1.29 is 14.1 Å². The molecular formula is C34H43N2O2+. The maximum Gasteiger partial charge on any atom is 0.351 e. The van der Waals surface area contributed by atoms with Gasteiger partial charge in [0.05, 0.1) is 25.1 Å². The molecule has 0 bridgehead atoms. The molecule has 2 aliphatic carbocycles. The van der Waals surface area contributed by atoms with Crippen LogP contribution in [0.1, 0.15) is 77.2 Å². The van der Waals surface area contributed by atoms with E-state index >= 15 is 0 Å². The van der Waals surface area contributed by atoms with Gasteiger partial charge in [0.2, 0.25) is 5.71 Å². The molecule has 4 heteroatoms. The van der Waals surface area contributed by atoms with Gasteiger partial charge in [-0.05, 0) is 67.9 Å². The van der Waals surface area contributed by atoms with E-state index in [9.17, 15) is 4.79 Å². The molecule has 1 aromatic carbocycles. The Morgan fingerprint density at radius 2 is 1.92 bits per heavy atom. The summed E-state index contributed by atoms with van der Waals surface area (Å²) >= 11 is 0. The Hall–Kier alpha value is -3.01. The number of carbonyl (C=O) groups excluding carboxylic acids is 1. The molecule has 2 heterocycles. The lowest BCUT2D eigenvalue weighted by Gasteiger charge is -2.47. The van der Waals surface area contributed by atoms with Crippen molar-refractivity contribution in [1.82, 2.24) is 0 Å². The second-order valence-corrected chi connectivity index (χ2v) is 11.6. The third kappa shape index (κ3) is 5.02. The summed E-state index contributed by atoms with van der Waals surface area (Å²) in [5.74, 6) is 0.581. The van der Waals surface area contributed by atoms with E-state index in [0.29, 0.717) is 30.0 Å². The maximum atomic E-state index is 12.3. The minimum Gasteiger partial charge on any atom is -0.465 e. The zero-order chi connectivity index (χ0) is 26.7. The molecular weight excluding hydrogens is 468 g/mol. The van der Waals surface area contributed by atoms with Crippen molar-refractivity contribution in [2.45, 2.75) is 71.6 Å². The van der Waals surface area contributed by atoms with Gasteiger partial charge in [-0.25, -0.2) is 4.79 Å². The van der Waals surface area contributed by atoms with Crippen LogP contribution >= 0.6 is 0 Å². The fraction of sp³-hybridized carbons (Fsp3) is 0.500. The lowest BCUT2D eigenvalue weighted by Crippen LogP contribution is -2.37. The molecule has 38 heavy (non-hydrogen) atoms. The summed E-state index contributed by atoms with van der Waals surface area (Å²) in [7, 11) is 3.68. The number of aliphatic imine (C=N–C) groups is 1. The van der Waals surface area contributed by atoms with Crippen LogP contribution < -0.4 is 0 Å². The highest BCUT2D eigenvalue weighted by molar-refractivity contribution is 6.36. The van der Waals surface area contributed by atoms with E-state index in [-0.39, 0.29) is 11.9 Å². The fourth-order valence-electron chi connectivity index (χ4n) is 7.26. The van der Waals surface area contributed by atoms with Gasteiger partial charge < -0.3 is 4.74 Å². The molecule has 1 fully saturated rings. The molecule has 1 saturated carbocycles. The summed E-state index contributed by atoms with van der Waals surface area (Å²) in [6.45, 7) is 5.17. The van der Waals surface area contributed by atoms with Crippen LogP contribution in [0.3, 0.4) is 0 Å². The third-order valence-corrected chi connectivity index (χ3v) is 9.38. The first kappa shape index (κ1) is 26.6. The Morgan fingerprint density at radius 1 is 1.13 bits per heavy atom. The average Bonchev–Trinajstić information content (AvgIpc) is 3.05. The van der Waals surface area contributed by atoms with Gasteiger partial charge in [-0.15, -0.1) is 0 Å². The molecule has 2 atom stereocenters. The van der Waals surface area contributed by atoms with Crippen LogP contribution in [0.15, 0.2) is 76.5 Å². The molecule has 1 aromatic rings. The third-order valence-electron chi connectivity index (χ3n) is 9.38. The van der Waals surface area contributed by atoms with E-state index in [2.05, 4.69) is 80.1 Å². The number of hydrogen-bond acceptors (Lipinski definition) is 3. The van der Waals surface area contributed by atoms with Crippen LogP contribution in [0.2, 0.25) is 0 Å². The molecule has 4 aliphatic rings. The summed E-state index contributed by atoms with van der Waals surface area (Å²) in [4.78, 5) is 17.0. The summed E-state index contributed by atoms with van der Waals surface area (Å²) in [6.07, 6.45) is 20.1. The largest absolute Gasteiger partial charge is 0.465 e. The Morgan fingerprint density at radius 3 is 2.55 bits per heavy atom. The van der Waals surface area contributed by atoms with Crippen molar-refractivity contribution in [2.75, 3.05) is 20.7 Å². The topological polar surface area (TPSA) is 41.7 Å². The van der Waals surface area contributed by atoms with Crippen molar-refractivity contribution in [1.29, 1.82) is 0 Å². The number of ether oxygens (including phenoxy) is 1. The minimum atomic E-state index is -0.296. The molecule has 200 valence electrons. The zero-order valence-corrected chi connectivity index (χ0v) is 23.6. The van der Waals surface area contributed by atoms with Crippen LogP contribution in [0.4, 0.5) is 0 Å². The standard InChI is InChI=1S/C34H43N2O2/c1-5-20-34(21-9-22-34)28-16-13-26(14-17-28)32-29(25-10-7-6-8-11-25)18-15-27-23-35-30(33(37)38-4)19-12-24(2)31(27)36(32)3/h6-8,10-11,13-14,16,18,27-28H,5,9,12,15,17,19-23H2,1-4H3/q+1. The van der Waals surface area contributed by atoms with Gasteiger partial charge >= 0.3 is 5.97 Å². The smallest absolute Gasteiger partial charge is 0.351 e. The number of nitrogens with zero attached hydrogens (tertiary/aromatic N) is 2. The van der Waals surface area contributed by atoms with Gasteiger partial charge in [-0.1, -0.05) is 74.4 Å². The predicted molar refractivity (Wildman–Crippen MR) is 156 cm³/mol. The predicted octanol–water partition coefficient (Wildman–Crippen LogP) is 7.33. The Kier molecular flexibility index (Phi) is 7.97. The number of methoxy groups -OCH3 is 1. The monoisotopic (exact) mass is 511 g/mol. The van der Waals surface area contributed by atoms with E-state index in [1.807, 2.05) is 0 Å². The van der Waals surface area contributed by atoms with Gasteiger partial charge in [0.1, 0.15) is 12.8 Å². The number of fused-ring (bicyclic) bond motifs is 1. The number of hydrogen-bond donors (Lipinski definition) is 0. The number of allylic oxidation sites excluding steroid dienone is 7. The van der Waals surface area contributed by atoms with Crippen LogP contribution in [0.25, 0.3) is 5.57 Å². The van der Waals surface area contributed by atoms with Crippen LogP contribution in [-0.2, 0) is 9.53 Å². The van der Waals surface area contributed by atoms with Crippen LogP contribution in [0.5, 0.6) is 0 Å². The molecule has 0 radical (unpaired) electrons. The highest BCUT2D eigenvalue weighted by Crippen LogP contribution is 2.53. The van der Waals surface area contributed by atoms with E-state index in [4.69, 9.17) is 9.73 Å². The van der Waals surface area contributed by atoms with Crippen molar-refractivity contribution in [3.8, 4) is 0 Å². The lowest BCUT2D eigenvalue weighted by atomic mass is 9.57. The van der Waals surface area contributed by atoms with Crippen LogP contribution in [-0.4, -0.2) is 42.7 Å². The Bertz CT molecular complexity index is 1250. The van der Waals surface area contributed by atoms with Crippen molar-refractivity contribution in [3.63, 3.8) is 0 Å². The van der Waals surface area contributed by atoms with Gasteiger partial charge in [-0.3, -0.25) is 4.99 Å². The van der Waals surface area contributed by atoms with E-state index < -0.39 is 0 Å². The molecule has 2 unspecified atom stereocenters. The van der Waals surface area contributed by atoms with E-state index in [1.54, 1.807) is 0 Å². The molecule has 2 aliphatic heterocycles. The molecule has 0 aromatic heterocycles. The molecule has 0 spiro atoms. The fourth-order valence-corrected chi connectivity index (χ4v) is 7.26. The second-order valence-electron chi connectivity index (χ2n) is 11.6. The first-order chi connectivity index (χ1) is 18.5.